The molecule has 128 valence electrons. The lowest BCUT2D eigenvalue weighted by atomic mass is 10.1. The molecule has 2 heterocycles. The summed E-state index contributed by atoms with van der Waals surface area (Å²) in [5.41, 5.74) is 1.84. The van der Waals surface area contributed by atoms with E-state index >= 15 is 0 Å². The average molecular weight is 361 g/mol. The molecule has 0 N–H and O–H groups in total. The molecule has 0 bridgehead atoms. The summed E-state index contributed by atoms with van der Waals surface area (Å²) in [6.45, 7) is 0.512. The Hall–Kier alpha value is -3.11. The van der Waals surface area contributed by atoms with E-state index in [1.807, 2.05) is 59.0 Å². The van der Waals surface area contributed by atoms with Gasteiger partial charge < -0.3 is 0 Å². The third-order valence-electron chi connectivity index (χ3n) is 4.21. The zero-order valence-corrected chi connectivity index (χ0v) is 14.7. The second-order valence-electron chi connectivity index (χ2n) is 5.77. The van der Waals surface area contributed by atoms with Gasteiger partial charge in [-0.25, -0.2) is 0 Å². The monoisotopic (exact) mass is 361 g/mol. The van der Waals surface area contributed by atoms with E-state index in [1.54, 1.807) is 4.57 Å². The molecule has 4 aromatic rings. The number of nitriles is 1. The second kappa shape index (κ2) is 7.02. The molecule has 6 nitrogen and oxygen atoms in total. The summed E-state index contributed by atoms with van der Waals surface area (Å²) in [7, 11) is 0. The Morgan fingerprint density at radius 3 is 2.62 bits per heavy atom. The van der Waals surface area contributed by atoms with Crippen molar-refractivity contribution in [1.29, 1.82) is 5.26 Å². The molecular formula is C19H15N5OS. The van der Waals surface area contributed by atoms with Crippen molar-refractivity contribution in [3.63, 3.8) is 0 Å². The first-order valence-corrected chi connectivity index (χ1v) is 9.18. The van der Waals surface area contributed by atoms with Gasteiger partial charge in [-0.2, -0.15) is 5.26 Å². The number of rotatable bonds is 5. The normalized spacial score (nSPS) is 11.0. The molecule has 0 aliphatic rings. The molecule has 26 heavy (non-hydrogen) atoms. The number of hydrogen-bond donors (Lipinski definition) is 0. The number of nitrogens with zero attached hydrogens (tertiary/aromatic N) is 5. The van der Waals surface area contributed by atoms with Crippen LogP contribution in [0.15, 0.2) is 64.5 Å². The molecule has 0 radical (unpaired) electrons. The number of para-hydroxylation sites is 1. The summed E-state index contributed by atoms with van der Waals surface area (Å²) in [5, 5.41) is 18.6. The maximum atomic E-state index is 13.0. The highest BCUT2D eigenvalue weighted by Crippen LogP contribution is 2.21. The van der Waals surface area contributed by atoms with Gasteiger partial charge in [0.15, 0.2) is 5.16 Å². The molecular weight excluding hydrogens is 346 g/mol. The van der Waals surface area contributed by atoms with Gasteiger partial charge in [0.2, 0.25) is 5.78 Å². The first-order chi connectivity index (χ1) is 12.8. The quantitative estimate of drug-likeness (QED) is 0.511. The van der Waals surface area contributed by atoms with Gasteiger partial charge in [0.1, 0.15) is 0 Å². The molecule has 0 fully saturated rings. The van der Waals surface area contributed by atoms with Crippen LogP contribution in [0.25, 0.3) is 16.7 Å². The van der Waals surface area contributed by atoms with Crippen LogP contribution in [0.1, 0.15) is 5.56 Å². The molecule has 2 aromatic carbocycles. The summed E-state index contributed by atoms with van der Waals surface area (Å²) < 4.78 is 3.53. The predicted octanol–water partition coefficient (Wildman–Crippen LogP) is 2.90. The molecule has 0 saturated carbocycles. The summed E-state index contributed by atoms with van der Waals surface area (Å²) >= 11 is 1.31. The lowest BCUT2D eigenvalue weighted by Crippen LogP contribution is -2.24. The van der Waals surface area contributed by atoms with Crippen LogP contribution in [0.4, 0.5) is 0 Å². The van der Waals surface area contributed by atoms with Gasteiger partial charge in [0.05, 0.1) is 22.7 Å². The van der Waals surface area contributed by atoms with Crippen molar-refractivity contribution >= 4 is 28.4 Å². The third-order valence-corrected chi connectivity index (χ3v) is 5.01. The van der Waals surface area contributed by atoms with Crippen LogP contribution in [0.3, 0.4) is 0 Å². The molecule has 4 rings (SSSR count). The smallest absolute Gasteiger partial charge is 0.262 e. The van der Waals surface area contributed by atoms with Crippen molar-refractivity contribution < 1.29 is 0 Å². The highest BCUT2D eigenvalue weighted by molar-refractivity contribution is 7.99. The fourth-order valence-electron chi connectivity index (χ4n) is 3.01. The van der Waals surface area contributed by atoms with Gasteiger partial charge in [-0.1, -0.05) is 54.2 Å². The second-order valence-corrected chi connectivity index (χ2v) is 6.72. The van der Waals surface area contributed by atoms with Crippen LogP contribution < -0.4 is 5.56 Å². The van der Waals surface area contributed by atoms with Crippen molar-refractivity contribution in [1.82, 2.24) is 19.2 Å². The highest BCUT2D eigenvalue weighted by atomic mass is 32.2. The Balaban J connectivity index is 1.88. The Kier molecular flexibility index (Phi) is 4.42. The predicted molar refractivity (Wildman–Crippen MR) is 101 cm³/mol. The van der Waals surface area contributed by atoms with E-state index in [1.165, 1.54) is 11.8 Å². The molecule has 0 unspecified atom stereocenters. The third kappa shape index (κ3) is 2.85. The molecule has 0 amide bonds. The van der Waals surface area contributed by atoms with Crippen molar-refractivity contribution in [3.05, 3.63) is 70.5 Å². The zero-order valence-electron chi connectivity index (χ0n) is 13.9. The minimum Gasteiger partial charge on any atom is -0.276 e. The van der Waals surface area contributed by atoms with Crippen LogP contribution in [0, 0.1) is 11.3 Å². The minimum atomic E-state index is -0.0757. The van der Waals surface area contributed by atoms with E-state index in [0.29, 0.717) is 22.9 Å². The van der Waals surface area contributed by atoms with E-state index in [2.05, 4.69) is 16.3 Å². The van der Waals surface area contributed by atoms with Crippen LogP contribution in [0.2, 0.25) is 0 Å². The molecule has 0 spiro atoms. The SMILES string of the molecule is N#CCSc1nnc2n(CCc3ccccc3)c(=O)c3ccccc3n12. The zero-order chi connectivity index (χ0) is 17.9. The Morgan fingerprint density at radius 1 is 1.04 bits per heavy atom. The number of thioether (sulfide) groups is 1. The number of aryl methyl sites for hydroxylation is 2. The van der Waals surface area contributed by atoms with Gasteiger partial charge in [-0.15, -0.1) is 10.2 Å². The fraction of sp³-hybridized carbons (Fsp3) is 0.158. The summed E-state index contributed by atoms with van der Waals surface area (Å²) in [6.07, 6.45) is 0.724. The molecule has 0 aliphatic carbocycles. The maximum absolute atomic E-state index is 13.0. The van der Waals surface area contributed by atoms with E-state index < -0.39 is 0 Å². The summed E-state index contributed by atoms with van der Waals surface area (Å²) in [4.78, 5) is 13.0. The van der Waals surface area contributed by atoms with Gasteiger partial charge in [0.25, 0.3) is 5.56 Å². The molecule has 0 saturated heterocycles. The molecule has 7 heteroatoms. The first kappa shape index (κ1) is 16.4. The topological polar surface area (TPSA) is 76.0 Å². The van der Waals surface area contributed by atoms with E-state index in [0.717, 1.165) is 17.5 Å². The van der Waals surface area contributed by atoms with E-state index in [4.69, 9.17) is 5.26 Å². The van der Waals surface area contributed by atoms with Crippen molar-refractivity contribution in [2.24, 2.45) is 0 Å². The van der Waals surface area contributed by atoms with Crippen molar-refractivity contribution in [3.8, 4) is 6.07 Å². The maximum Gasteiger partial charge on any atom is 0.262 e. The minimum absolute atomic E-state index is 0.0757. The van der Waals surface area contributed by atoms with Crippen molar-refractivity contribution in [2.45, 2.75) is 18.1 Å². The molecule has 0 atom stereocenters. The Labute approximate surface area is 153 Å². The van der Waals surface area contributed by atoms with Gasteiger partial charge in [-0.05, 0) is 24.1 Å². The van der Waals surface area contributed by atoms with Crippen molar-refractivity contribution in [2.75, 3.05) is 5.75 Å². The van der Waals surface area contributed by atoms with Gasteiger partial charge in [-0.3, -0.25) is 13.8 Å². The van der Waals surface area contributed by atoms with Crippen LogP contribution in [0.5, 0.6) is 0 Å². The summed E-state index contributed by atoms with van der Waals surface area (Å²) in [5.74, 6) is 0.781. The number of aromatic nitrogens is 4. The average Bonchev–Trinajstić information content (AvgIpc) is 3.11. The number of fused-ring (bicyclic) bond motifs is 3. The fourth-order valence-corrected chi connectivity index (χ4v) is 3.61. The molecule has 0 aliphatic heterocycles. The van der Waals surface area contributed by atoms with Crippen LogP contribution >= 0.6 is 11.8 Å². The van der Waals surface area contributed by atoms with Gasteiger partial charge >= 0.3 is 0 Å². The lowest BCUT2D eigenvalue weighted by molar-refractivity contribution is 0.677. The standard InChI is InChI=1S/C19H15N5OS/c20-11-13-26-19-22-21-18-23(12-10-14-6-2-1-3-7-14)17(25)15-8-4-5-9-16(15)24(18)19/h1-9H,10,12-13H2. The number of hydrogen-bond acceptors (Lipinski definition) is 5. The van der Waals surface area contributed by atoms with Crippen LogP contribution in [-0.2, 0) is 13.0 Å². The first-order valence-electron chi connectivity index (χ1n) is 8.20. The largest absolute Gasteiger partial charge is 0.276 e. The van der Waals surface area contributed by atoms with Gasteiger partial charge in [0, 0.05) is 6.54 Å². The van der Waals surface area contributed by atoms with Crippen LogP contribution in [-0.4, -0.2) is 24.9 Å². The van der Waals surface area contributed by atoms with E-state index in [9.17, 15) is 4.79 Å². The van der Waals surface area contributed by atoms with E-state index in [-0.39, 0.29) is 11.3 Å². The summed E-state index contributed by atoms with van der Waals surface area (Å²) in [6, 6.07) is 19.6. The Bertz CT molecular complexity index is 1170. The highest BCUT2D eigenvalue weighted by Gasteiger charge is 2.16. The Morgan fingerprint density at radius 2 is 1.81 bits per heavy atom. The number of benzene rings is 2. The molecule has 2 aromatic heterocycles. The lowest BCUT2D eigenvalue weighted by Gasteiger charge is -2.11.